The number of carboxylic acid groups (broad SMARTS) is 3. The molecule has 8 N–H and O–H groups in total. The van der Waals surface area contributed by atoms with Crippen molar-refractivity contribution in [3.63, 3.8) is 0 Å². The predicted molar refractivity (Wildman–Crippen MR) is 165 cm³/mol. The summed E-state index contributed by atoms with van der Waals surface area (Å²) in [5, 5.41) is 47.2. The monoisotopic (exact) mass is 728 g/mol. The van der Waals surface area contributed by atoms with Crippen molar-refractivity contribution in [2.45, 2.75) is 101 Å². The van der Waals surface area contributed by atoms with Gasteiger partial charge in [-0.05, 0) is 32.6 Å². The van der Waals surface area contributed by atoms with Crippen molar-refractivity contribution >= 4 is 59.1 Å². The second kappa shape index (κ2) is 17.6. The average Bonchev–Trinajstić information content (AvgIpc) is 3.70. The zero-order chi connectivity index (χ0) is 38.2. The minimum atomic E-state index is -2.02. The predicted octanol–water partition coefficient (Wildman–Crippen LogP) is -3.73. The second-order valence-corrected chi connectivity index (χ2v) is 12.6. The molecule has 0 radical (unpaired) electrons. The molecule has 3 aliphatic heterocycles. The lowest BCUT2D eigenvalue weighted by atomic mass is 9.91. The van der Waals surface area contributed by atoms with Gasteiger partial charge in [-0.3, -0.25) is 47.9 Å². The highest BCUT2D eigenvalue weighted by molar-refractivity contribution is 6.08. The van der Waals surface area contributed by atoms with Crippen molar-refractivity contribution in [2.75, 3.05) is 19.6 Å². The van der Waals surface area contributed by atoms with Crippen LogP contribution in [0.2, 0.25) is 0 Å². The molecule has 3 rings (SSSR count). The molecule has 51 heavy (non-hydrogen) atoms. The molecule has 282 valence electrons. The fourth-order valence-corrected chi connectivity index (χ4v) is 6.23. The van der Waals surface area contributed by atoms with Crippen molar-refractivity contribution in [2.24, 2.45) is 5.92 Å². The molecule has 20 nitrogen and oxygen atoms in total. The number of nitrogens with zero attached hydrogens (tertiary/aromatic N) is 2. The highest BCUT2D eigenvalue weighted by Crippen LogP contribution is 2.29. The van der Waals surface area contributed by atoms with E-state index in [1.807, 2.05) is 0 Å². The van der Waals surface area contributed by atoms with Gasteiger partial charge in [0, 0.05) is 25.8 Å². The van der Waals surface area contributed by atoms with E-state index in [0.29, 0.717) is 4.90 Å². The van der Waals surface area contributed by atoms with Crippen LogP contribution in [0.5, 0.6) is 0 Å². The standard InChI is InChI=1S/C30H41FN6O14/c1-13(38)24-28(49)32-11-20(39)33-17(5-7-22(42)43)30(51)36-8-2-3-18(36)25(46)15(10-23(44)45)29(50)37-12-14(31)9-19(37)27(48)34-16(26(47)35-24)4-6-21(40)41/h13-19,24,38H,2-12H2,1H3,(H,32,49)(H,33,39)(H,34,48)(H,35,47)(H,40,41)(H,42,43)(H,44,45)/t13-,14+,15-,16+,17+,18-,19+,24+/m1/s1. The van der Waals surface area contributed by atoms with Crippen LogP contribution in [-0.2, 0) is 47.9 Å². The van der Waals surface area contributed by atoms with Crippen molar-refractivity contribution in [1.82, 2.24) is 31.1 Å². The number of hydrogen-bond donors (Lipinski definition) is 8. The SMILES string of the molecule is C[C@@H](O)[C@@H]1NC(=O)[C@H](CCC(=O)O)NC(=O)[C@@H]2C[C@H](F)CN2C(=O)[C@H](CC(=O)O)C(=O)[C@H]2CCCN2C(=O)[C@H](CCC(=O)O)NC(=O)CNC1=O. The Morgan fingerprint density at radius 2 is 1.43 bits per heavy atom. The van der Waals surface area contributed by atoms with E-state index in [4.69, 9.17) is 0 Å². The number of carbonyl (C=O) groups is 10. The van der Waals surface area contributed by atoms with Gasteiger partial charge in [0.15, 0.2) is 5.78 Å². The van der Waals surface area contributed by atoms with Gasteiger partial charge in [-0.25, -0.2) is 4.39 Å². The van der Waals surface area contributed by atoms with E-state index in [9.17, 15) is 72.8 Å². The summed E-state index contributed by atoms with van der Waals surface area (Å²) in [5.41, 5.74) is 0. The summed E-state index contributed by atoms with van der Waals surface area (Å²) in [5.74, 6) is -14.1. The minimum Gasteiger partial charge on any atom is -0.481 e. The van der Waals surface area contributed by atoms with Gasteiger partial charge in [0.1, 0.15) is 36.3 Å². The zero-order valence-electron chi connectivity index (χ0n) is 27.5. The zero-order valence-corrected chi connectivity index (χ0v) is 27.5. The number of nitrogens with one attached hydrogen (secondary N) is 4. The Labute approximate surface area is 289 Å². The quantitative estimate of drug-likeness (QED) is 0.106. The van der Waals surface area contributed by atoms with E-state index in [-0.39, 0.29) is 19.4 Å². The number of carboxylic acids is 3. The first-order valence-corrected chi connectivity index (χ1v) is 16.2. The Balaban J connectivity index is 2.09. The molecule has 3 heterocycles. The maximum absolute atomic E-state index is 14.8. The number of rotatable bonds is 9. The number of hydrogen-bond acceptors (Lipinski definition) is 11. The van der Waals surface area contributed by atoms with Crippen LogP contribution in [0.15, 0.2) is 0 Å². The highest BCUT2D eigenvalue weighted by atomic mass is 19.1. The Morgan fingerprint density at radius 1 is 0.804 bits per heavy atom. The molecule has 0 saturated carbocycles. The summed E-state index contributed by atoms with van der Waals surface area (Å²) in [6.45, 7) is -0.617. The molecule has 0 aliphatic carbocycles. The lowest BCUT2D eigenvalue weighted by molar-refractivity contribution is -0.153. The molecule has 3 aliphatic rings. The number of aliphatic carboxylic acids is 3. The number of alkyl halides is 1. The molecule has 0 bridgehead atoms. The van der Waals surface area contributed by atoms with E-state index in [0.717, 1.165) is 11.8 Å². The molecular formula is C30H41FN6O14. The molecule has 3 saturated heterocycles. The Kier molecular flexibility index (Phi) is 13.9. The summed E-state index contributed by atoms with van der Waals surface area (Å²) in [4.78, 5) is 130. The maximum Gasteiger partial charge on any atom is 0.304 e. The number of Topliss-reactive ketones (excluding diaryl/α,β-unsaturated/α-hetero) is 1. The number of amides is 6. The molecule has 21 heteroatoms. The van der Waals surface area contributed by atoms with E-state index >= 15 is 0 Å². The normalized spacial score (nSPS) is 29.2. The second-order valence-electron chi connectivity index (χ2n) is 12.6. The summed E-state index contributed by atoms with van der Waals surface area (Å²) in [6.07, 6.45) is -7.46. The van der Waals surface area contributed by atoms with Gasteiger partial charge in [-0.1, -0.05) is 0 Å². The van der Waals surface area contributed by atoms with Gasteiger partial charge in [0.2, 0.25) is 35.4 Å². The first-order chi connectivity index (χ1) is 23.9. The summed E-state index contributed by atoms with van der Waals surface area (Å²) in [7, 11) is 0. The third kappa shape index (κ3) is 10.6. The van der Waals surface area contributed by atoms with Crippen LogP contribution in [0, 0.1) is 5.92 Å². The fourth-order valence-electron chi connectivity index (χ4n) is 6.23. The van der Waals surface area contributed by atoms with Crippen LogP contribution in [0.3, 0.4) is 0 Å². The van der Waals surface area contributed by atoms with Crippen molar-refractivity contribution in [3.05, 3.63) is 0 Å². The van der Waals surface area contributed by atoms with Gasteiger partial charge >= 0.3 is 17.9 Å². The molecule has 0 aromatic heterocycles. The average molecular weight is 729 g/mol. The molecule has 3 fully saturated rings. The number of aliphatic hydroxyl groups excluding tert-OH is 1. The van der Waals surface area contributed by atoms with E-state index in [1.165, 1.54) is 0 Å². The van der Waals surface area contributed by atoms with Gasteiger partial charge in [-0.15, -0.1) is 0 Å². The number of halogens is 1. The summed E-state index contributed by atoms with van der Waals surface area (Å²) < 4.78 is 14.8. The Bertz CT molecular complexity index is 1440. The third-order valence-corrected chi connectivity index (χ3v) is 8.77. The molecular weight excluding hydrogens is 687 g/mol. The molecule has 0 spiro atoms. The van der Waals surface area contributed by atoms with Crippen LogP contribution in [-0.4, -0.2) is 151 Å². The fraction of sp³-hybridized carbons (Fsp3) is 0.667. The topological polar surface area (TPSA) is 306 Å². The van der Waals surface area contributed by atoms with Gasteiger partial charge in [-0.2, -0.15) is 0 Å². The minimum absolute atomic E-state index is 0.0552. The van der Waals surface area contributed by atoms with Crippen LogP contribution in [0.1, 0.15) is 58.3 Å². The molecule has 0 unspecified atom stereocenters. The summed E-state index contributed by atoms with van der Waals surface area (Å²) >= 11 is 0. The number of carbonyl (C=O) groups excluding carboxylic acids is 7. The molecule has 0 aromatic carbocycles. The Hall–Kier alpha value is -5.21. The maximum atomic E-state index is 14.8. The van der Waals surface area contributed by atoms with Crippen LogP contribution in [0.25, 0.3) is 0 Å². The number of aliphatic hydroxyl groups is 1. The number of ketones is 1. The third-order valence-electron chi connectivity index (χ3n) is 8.77. The molecule has 6 amide bonds. The van der Waals surface area contributed by atoms with E-state index in [1.54, 1.807) is 0 Å². The lowest BCUT2D eigenvalue weighted by Gasteiger charge is -2.32. The molecule has 8 atom stereocenters. The number of fused-ring (bicyclic) bond motifs is 2. The summed E-state index contributed by atoms with van der Waals surface area (Å²) in [6, 6.07) is -8.20. The van der Waals surface area contributed by atoms with Crippen LogP contribution in [0.4, 0.5) is 4.39 Å². The lowest BCUT2D eigenvalue weighted by Crippen LogP contribution is -2.60. The Morgan fingerprint density at radius 3 is 2.02 bits per heavy atom. The van der Waals surface area contributed by atoms with Crippen molar-refractivity contribution in [1.29, 1.82) is 0 Å². The van der Waals surface area contributed by atoms with Crippen molar-refractivity contribution < 1.29 is 72.8 Å². The van der Waals surface area contributed by atoms with Gasteiger partial charge in [0.05, 0.1) is 31.7 Å². The first-order valence-electron chi connectivity index (χ1n) is 16.2. The van der Waals surface area contributed by atoms with E-state index < -0.39 is 159 Å². The highest BCUT2D eigenvalue weighted by Gasteiger charge is 2.48. The van der Waals surface area contributed by atoms with Gasteiger partial charge < -0.3 is 51.5 Å². The smallest absolute Gasteiger partial charge is 0.304 e. The first kappa shape index (κ1) is 40.2. The largest absolute Gasteiger partial charge is 0.481 e. The van der Waals surface area contributed by atoms with Gasteiger partial charge in [0.25, 0.3) is 0 Å². The van der Waals surface area contributed by atoms with Crippen LogP contribution >= 0.6 is 0 Å². The van der Waals surface area contributed by atoms with Crippen molar-refractivity contribution in [3.8, 4) is 0 Å². The van der Waals surface area contributed by atoms with E-state index in [2.05, 4.69) is 21.3 Å². The van der Waals surface area contributed by atoms with Crippen LogP contribution < -0.4 is 21.3 Å². The molecule has 0 aromatic rings.